The quantitative estimate of drug-likeness (QED) is 0.685. The van der Waals surface area contributed by atoms with E-state index in [2.05, 4.69) is 15.1 Å². The minimum Gasteiger partial charge on any atom is -0.480 e. The maximum atomic E-state index is 11.3. The second-order valence-corrected chi connectivity index (χ2v) is 5.40. The number of hydrogen-bond donors (Lipinski definition) is 2. The van der Waals surface area contributed by atoms with Crippen LogP contribution in [0.3, 0.4) is 0 Å². The first-order valence-corrected chi connectivity index (χ1v) is 6.70. The zero-order chi connectivity index (χ0) is 11.8. The van der Waals surface area contributed by atoms with Gasteiger partial charge in [-0.1, -0.05) is 0 Å². The Morgan fingerprint density at radius 3 is 2.88 bits per heavy atom. The predicted molar refractivity (Wildman–Crippen MR) is 64.0 cm³/mol. The summed E-state index contributed by atoms with van der Waals surface area (Å²) < 4.78 is 0. The molecule has 3 aliphatic heterocycles. The zero-order valence-corrected chi connectivity index (χ0v) is 10.1. The molecule has 3 aliphatic rings. The molecule has 0 aromatic heterocycles. The molecular formula is C12H21N3O2. The first-order valence-electron chi connectivity index (χ1n) is 6.70. The molecule has 3 fully saturated rings. The third kappa shape index (κ3) is 1.96. The zero-order valence-electron chi connectivity index (χ0n) is 10.1. The molecule has 96 valence electrons. The highest BCUT2D eigenvalue weighted by Crippen LogP contribution is 2.32. The Hall–Kier alpha value is -0.650. The predicted octanol–water partition coefficient (Wildman–Crippen LogP) is -0.418. The number of piperazine rings is 1. The first kappa shape index (κ1) is 11.4. The molecule has 17 heavy (non-hydrogen) atoms. The van der Waals surface area contributed by atoms with E-state index >= 15 is 0 Å². The van der Waals surface area contributed by atoms with E-state index in [1.165, 1.54) is 19.4 Å². The van der Waals surface area contributed by atoms with Gasteiger partial charge in [0.1, 0.15) is 6.04 Å². The van der Waals surface area contributed by atoms with Gasteiger partial charge in [-0.25, -0.2) is 0 Å². The van der Waals surface area contributed by atoms with Crippen molar-refractivity contribution in [3.05, 3.63) is 0 Å². The number of nitrogens with one attached hydrogen (secondary N) is 1. The fourth-order valence-corrected chi connectivity index (χ4v) is 3.79. The van der Waals surface area contributed by atoms with Crippen LogP contribution in [0.4, 0.5) is 0 Å². The molecule has 3 unspecified atom stereocenters. The maximum absolute atomic E-state index is 11.3. The topological polar surface area (TPSA) is 55.8 Å². The highest BCUT2D eigenvalue weighted by Gasteiger charge is 2.44. The second kappa shape index (κ2) is 4.55. The second-order valence-electron chi connectivity index (χ2n) is 5.40. The molecule has 3 saturated heterocycles. The van der Waals surface area contributed by atoms with Crippen molar-refractivity contribution >= 4 is 5.97 Å². The van der Waals surface area contributed by atoms with Crippen LogP contribution in [0.1, 0.15) is 19.3 Å². The van der Waals surface area contributed by atoms with E-state index in [-0.39, 0.29) is 6.04 Å². The summed E-state index contributed by atoms with van der Waals surface area (Å²) in [6.07, 6.45) is 3.68. The monoisotopic (exact) mass is 239 g/mol. The number of fused-ring (bicyclic) bond motifs is 1. The molecule has 3 atom stereocenters. The number of hydrogen-bond acceptors (Lipinski definition) is 4. The maximum Gasteiger partial charge on any atom is 0.322 e. The summed E-state index contributed by atoms with van der Waals surface area (Å²) in [5.41, 5.74) is 0. The van der Waals surface area contributed by atoms with Gasteiger partial charge in [0.25, 0.3) is 0 Å². The molecule has 2 N–H and O–H groups in total. The summed E-state index contributed by atoms with van der Waals surface area (Å²) in [6, 6.07) is 0.768. The fourth-order valence-electron chi connectivity index (χ4n) is 3.79. The Morgan fingerprint density at radius 2 is 2.06 bits per heavy atom. The van der Waals surface area contributed by atoms with Crippen molar-refractivity contribution in [2.45, 2.75) is 37.4 Å². The molecule has 0 aliphatic carbocycles. The molecule has 5 heteroatoms. The largest absolute Gasteiger partial charge is 0.480 e. The van der Waals surface area contributed by atoms with Crippen LogP contribution in [0.25, 0.3) is 0 Å². The van der Waals surface area contributed by atoms with Gasteiger partial charge < -0.3 is 10.4 Å². The smallest absolute Gasteiger partial charge is 0.322 e. The van der Waals surface area contributed by atoms with E-state index < -0.39 is 5.97 Å². The lowest BCUT2D eigenvalue weighted by molar-refractivity contribution is -0.145. The minimum absolute atomic E-state index is 0.325. The lowest BCUT2D eigenvalue weighted by Crippen LogP contribution is -2.60. The van der Waals surface area contributed by atoms with Crippen molar-refractivity contribution in [2.75, 3.05) is 32.7 Å². The van der Waals surface area contributed by atoms with E-state index in [4.69, 9.17) is 0 Å². The van der Waals surface area contributed by atoms with Gasteiger partial charge in [0.15, 0.2) is 0 Å². The molecule has 0 saturated carbocycles. The summed E-state index contributed by atoms with van der Waals surface area (Å²) >= 11 is 0. The summed E-state index contributed by atoms with van der Waals surface area (Å²) in [5, 5.41) is 12.5. The number of carboxylic acid groups (broad SMARTS) is 1. The van der Waals surface area contributed by atoms with Crippen LogP contribution in [0.2, 0.25) is 0 Å². The van der Waals surface area contributed by atoms with E-state index in [0.717, 1.165) is 26.1 Å². The van der Waals surface area contributed by atoms with Crippen LogP contribution in [-0.2, 0) is 4.79 Å². The van der Waals surface area contributed by atoms with Crippen molar-refractivity contribution in [3.63, 3.8) is 0 Å². The molecule has 0 aromatic rings. The van der Waals surface area contributed by atoms with E-state index in [0.29, 0.717) is 18.6 Å². The normalized spacial score (nSPS) is 39.4. The van der Waals surface area contributed by atoms with Crippen molar-refractivity contribution in [1.82, 2.24) is 15.1 Å². The summed E-state index contributed by atoms with van der Waals surface area (Å²) in [5.74, 6) is -0.673. The number of rotatable bonds is 2. The Kier molecular flexibility index (Phi) is 3.06. The van der Waals surface area contributed by atoms with Gasteiger partial charge in [-0.2, -0.15) is 0 Å². The molecule has 5 nitrogen and oxygen atoms in total. The third-order valence-electron chi connectivity index (χ3n) is 4.57. The lowest BCUT2D eigenvalue weighted by atomic mass is 10.0. The Labute approximate surface area is 102 Å². The molecule has 0 bridgehead atoms. The van der Waals surface area contributed by atoms with Crippen molar-refractivity contribution < 1.29 is 9.90 Å². The molecule has 3 rings (SSSR count). The third-order valence-corrected chi connectivity index (χ3v) is 4.57. The average Bonchev–Trinajstić information content (AvgIpc) is 2.90. The fraction of sp³-hybridized carbons (Fsp3) is 0.917. The van der Waals surface area contributed by atoms with E-state index in [1.807, 2.05) is 0 Å². The number of nitrogens with zero attached hydrogens (tertiary/aromatic N) is 2. The van der Waals surface area contributed by atoms with Crippen LogP contribution < -0.4 is 5.32 Å². The van der Waals surface area contributed by atoms with Crippen LogP contribution in [0, 0.1) is 0 Å². The van der Waals surface area contributed by atoms with Crippen LogP contribution in [-0.4, -0.2) is 71.7 Å². The van der Waals surface area contributed by atoms with E-state index in [1.54, 1.807) is 0 Å². The summed E-state index contributed by atoms with van der Waals surface area (Å²) in [4.78, 5) is 16.1. The van der Waals surface area contributed by atoms with Gasteiger partial charge in [0.05, 0.1) is 0 Å². The van der Waals surface area contributed by atoms with Crippen LogP contribution in [0.5, 0.6) is 0 Å². The molecular weight excluding hydrogens is 218 g/mol. The summed E-state index contributed by atoms with van der Waals surface area (Å²) in [6.45, 7) is 4.77. The van der Waals surface area contributed by atoms with Gasteiger partial charge >= 0.3 is 5.97 Å². The van der Waals surface area contributed by atoms with Crippen molar-refractivity contribution in [1.29, 1.82) is 0 Å². The van der Waals surface area contributed by atoms with Gasteiger partial charge in [-0.05, 0) is 25.8 Å². The Morgan fingerprint density at radius 1 is 1.18 bits per heavy atom. The number of carboxylic acids is 1. The molecule has 0 aromatic carbocycles. The Bertz CT molecular complexity index is 310. The lowest BCUT2D eigenvalue weighted by Gasteiger charge is -2.40. The van der Waals surface area contributed by atoms with Crippen LogP contribution >= 0.6 is 0 Å². The van der Waals surface area contributed by atoms with Crippen LogP contribution in [0.15, 0.2) is 0 Å². The number of aliphatic carboxylic acids is 1. The summed E-state index contributed by atoms with van der Waals surface area (Å²) in [7, 11) is 0. The van der Waals surface area contributed by atoms with Gasteiger partial charge in [0, 0.05) is 38.3 Å². The standard InChI is InChI=1S/C12H21N3O2/c16-12(17)11-8-13-4-7-15(11)10-3-6-14-5-1-2-9(10)14/h9-11,13H,1-8H2,(H,16,17). The highest BCUT2D eigenvalue weighted by molar-refractivity contribution is 5.74. The highest BCUT2D eigenvalue weighted by atomic mass is 16.4. The van der Waals surface area contributed by atoms with E-state index in [9.17, 15) is 9.90 Å². The van der Waals surface area contributed by atoms with Crippen molar-refractivity contribution in [3.8, 4) is 0 Å². The molecule has 0 amide bonds. The van der Waals surface area contributed by atoms with Gasteiger partial charge in [-0.15, -0.1) is 0 Å². The van der Waals surface area contributed by atoms with Gasteiger partial charge in [0.2, 0.25) is 0 Å². The molecule has 0 radical (unpaired) electrons. The first-order chi connectivity index (χ1) is 8.27. The SMILES string of the molecule is O=C(O)C1CNCCN1C1CCN2CCCC12. The minimum atomic E-state index is -0.673. The number of carbonyl (C=O) groups is 1. The van der Waals surface area contributed by atoms with Gasteiger partial charge in [-0.3, -0.25) is 14.6 Å². The average molecular weight is 239 g/mol. The molecule has 3 heterocycles. The molecule has 0 spiro atoms. The van der Waals surface area contributed by atoms with Crippen molar-refractivity contribution in [2.24, 2.45) is 0 Å². The Balaban J connectivity index is 1.75.